The second-order valence-electron chi connectivity index (χ2n) is 5.89. The minimum Gasteiger partial charge on any atom is -0.497 e. The summed E-state index contributed by atoms with van der Waals surface area (Å²) in [4.78, 5) is 24.8. The predicted molar refractivity (Wildman–Crippen MR) is 104 cm³/mol. The molecule has 7 heteroatoms. The molecule has 138 valence electrons. The maximum absolute atomic E-state index is 12.5. The molecule has 0 unspecified atom stereocenters. The van der Waals surface area contributed by atoms with Crippen LogP contribution in [0, 0.1) is 6.92 Å². The molecule has 0 saturated carbocycles. The Morgan fingerprint density at radius 1 is 1.19 bits per heavy atom. The quantitative estimate of drug-likeness (QED) is 0.734. The molecule has 0 atom stereocenters. The van der Waals surface area contributed by atoms with Crippen LogP contribution in [0.25, 0.3) is 5.69 Å². The van der Waals surface area contributed by atoms with Crippen LogP contribution in [-0.2, 0) is 6.54 Å². The van der Waals surface area contributed by atoms with Crippen LogP contribution in [-0.4, -0.2) is 22.8 Å². The highest BCUT2D eigenvalue weighted by Gasteiger charge is 2.16. The fraction of sp³-hybridized carbons (Fsp3) is 0.150. The Kier molecular flexibility index (Phi) is 5.57. The number of halogens is 1. The summed E-state index contributed by atoms with van der Waals surface area (Å²) in [6.07, 6.45) is 0. The van der Waals surface area contributed by atoms with Crippen molar-refractivity contribution in [1.29, 1.82) is 0 Å². The Morgan fingerprint density at radius 2 is 1.89 bits per heavy atom. The zero-order valence-corrected chi connectivity index (χ0v) is 15.7. The highest BCUT2D eigenvalue weighted by molar-refractivity contribution is 6.32. The summed E-state index contributed by atoms with van der Waals surface area (Å²) in [5.41, 5.74) is 1.43. The first kappa shape index (κ1) is 18.7. The van der Waals surface area contributed by atoms with Crippen molar-refractivity contribution in [2.45, 2.75) is 13.5 Å². The van der Waals surface area contributed by atoms with Crippen LogP contribution in [0.5, 0.6) is 5.75 Å². The number of benzene rings is 2. The van der Waals surface area contributed by atoms with Gasteiger partial charge in [0.05, 0.1) is 17.8 Å². The number of nitrogens with one attached hydrogen (secondary N) is 1. The fourth-order valence-corrected chi connectivity index (χ4v) is 2.80. The van der Waals surface area contributed by atoms with Crippen LogP contribution >= 0.6 is 11.6 Å². The molecular weight excluding hydrogens is 366 g/mol. The first-order chi connectivity index (χ1) is 13.0. The molecule has 1 aromatic heterocycles. The summed E-state index contributed by atoms with van der Waals surface area (Å²) in [6.45, 7) is 2.00. The van der Waals surface area contributed by atoms with Gasteiger partial charge in [0, 0.05) is 18.3 Å². The van der Waals surface area contributed by atoms with E-state index in [-0.39, 0.29) is 12.2 Å². The number of hydrogen-bond acceptors (Lipinski definition) is 4. The van der Waals surface area contributed by atoms with Crippen molar-refractivity contribution in [3.8, 4) is 11.4 Å². The number of amides is 1. The predicted octanol–water partition coefficient (Wildman–Crippen LogP) is 3.13. The molecule has 1 heterocycles. The zero-order valence-electron chi connectivity index (χ0n) is 14.9. The second kappa shape index (κ2) is 8.05. The van der Waals surface area contributed by atoms with E-state index in [1.54, 1.807) is 44.4 Å². The Bertz CT molecular complexity index is 1030. The van der Waals surface area contributed by atoms with Gasteiger partial charge in [-0.15, -0.1) is 0 Å². The number of methoxy groups -OCH3 is 1. The Morgan fingerprint density at radius 3 is 2.56 bits per heavy atom. The monoisotopic (exact) mass is 383 g/mol. The summed E-state index contributed by atoms with van der Waals surface area (Å²) >= 11 is 6.22. The van der Waals surface area contributed by atoms with E-state index < -0.39 is 11.3 Å². The zero-order chi connectivity index (χ0) is 19.4. The van der Waals surface area contributed by atoms with Crippen molar-refractivity contribution in [2.75, 3.05) is 7.11 Å². The van der Waals surface area contributed by atoms with Gasteiger partial charge in [-0.05, 0) is 36.8 Å². The average Bonchev–Trinajstić information content (AvgIpc) is 2.67. The lowest BCUT2D eigenvalue weighted by molar-refractivity contribution is 0.0943. The van der Waals surface area contributed by atoms with E-state index in [0.29, 0.717) is 16.4 Å². The first-order valence-corrected chi connectivity index (χ1v) is 8.64. The molecule has 1 N–H and O–H groups in total. The molecule has 0 spiro atoms. The molecule has 0 aliphatic rings. The van der Waals surface area contributed by atoms with E-state index in [0.717, 1.165) is 11.3 Å². The number of carbonyl (C=O) groups excluding carboxylic acids is 1. The average molecular weight is 384 g/mol. The fourth-order valence-electron chi connectivity index (χ4n) is 2.58. The lowest BCUT2D eigenvalue weighted by atomic mass is 10.2. The number of aromatic nitrogens is 2. The molecule has 27 heavy (non-hydrogen) atoms. The van der Waals surface area contributed by atoms with Crippen molar-refractivity contribution < 1.29 is 9.53 Å². The SMILES string of the molecule is COc1ccc(CNC(=O)c2nn(-c3ccccc3Cl)c(C)cc2=O)cc1. The maximum atomic E-state index is 12.5. The van der Waals surface area contributed by atoms with E-state index >= 15 is 0 Å². The first-order valence-electron chi connectivity index (χ1n) is 8.26. The van der Waals surface area contributed by atoms with Crippen molar-refractivity contribution in [2.24, 2.45) is 0 Å². The Labute approximate surface area is 161 Å². The number of carbonyl (C=O) groups is 1. The van der Waals surface area contributed by atoms with Crippen molar-refractivity contribution in [3.05, 3.63) is 86.8 Å². The van der Waals surface area contributed by atoms with Gasteiger partial charge in [-0.1, -0.05) is 35.9 Å². The minimum absolute atomic E-state index is 0.186. The lowest BCUT2D eigenvalue weighted by Gasteiger charge is -2.12. The number of ether oxygens (including phenoxy) is 1. The summed E-state index contributed by atoms with van der Waals surface area (Å²) in [7, 11) is 1.59. The normalized spacial score (nSPS) is 10.5. The maximum Gasteiger partial charge on any atom is 0.276 e. The number of rotatable bonds is 5. The van der Waals surface area contributed by atoms with Crippen LogP contribution in [0.2, 0.25) is 5.02 Å². The molecule has 0 saturated heterocycles. The molecule has 0 radical (unpaired) electrons. The molecule has 2 aromatic carbocycles. The molecule has 0 aliphatic heterocycles. The van der Waals surface area contributed by atoms with E-state index in [1.165, 1.54) is 10.7 Å². The number of hydrogen-bond donors (Lipinski definition) is 1. The molecule has 1 amide bonds. The summed E-state index contributed by atoms with van der Waals surface area (Å²) in [6, 6.07) is 15.7. The van der Waals surface area contributed by atoms with Gasteiger partial charge in [-0.3, -0.25) is 9.59 Å². The molecule has 0 fully saturated rings. The van der Waals surface area contributed by atoms with Crippen molar-refractivity contribution >= 4 is 17.5 Å². The minimum atomic E-state index is -0.545. The van der Waals surface area contributed by atoms with Crippen LogP contribution in [0.15, 0.2) is 59.4 Å². The van der Waals surface area contributed by atoms with Crippen molar-refractivity contribution in [1.82, 2.24) is 15.1 Å². The van der Waals surface area contributed by atoms with E-state index in [4.69, 9.17) is 16.3 Å². The highest BCUT2D eigenvalue weighted by Crippen LogP contribution is 2.19. The van der Waals surface area contributed by atoms with Crippen LogP contribution < -0.4 is 15.5 Å². The third kappa shape index (κ3) is 4.17. The molecule has 0 aliphatic carbocycles. The molecule has 0 bridgehead atoms. The van der Waals surface area contributed by atoms with Gasteiger partial charge in [-0.25, -0.2) is 4.68 Å². The number of aryl methyl sites for hydroxylation is 1. The van der Waals surface area contributed by atoms with Crippen LogP contribution in [0.3, 0.4) is 0 Å². The van der Waals surface area contributed by atoms with Gasteiger partial charge in [0.15, 0.2) is 5.69 Å². The van der Waals surface area contributed by atoms with E-state index in [1.807, 2.05) is 18.2 Å². The van der Waals surface area contributed by atoms with E-state index in [9.17, 15) is 9.59 Å². The van der Waals surface area contributed by atoms with Gasteiger partial charge in [-0.2, -0.15) is 5.10 Å². The summed E-state index contributed by atoms with van der Waals surface area (Å²) in [5.74, 6) is 0.185. The van der Waals surface area contributed by atoms with E-state index in [2.05, 4.69) is 10.4 Å². The largest absolute Gasteiger partial charge is 0.497 e. The topological polar surface area (TPSA) is 73.2 Å². The van der Waals surface area contributed by atoms with Crippen molar-refractivity contribution in [3.63, 3.8) is 0 Å². The summed E-state index contributed by atoms with van der Waals surface area (Å²) in [5, 5.41) is 7.42. The van der Waals surface area contributed by atoms with Gasteiger partial charge >= 0.3 is 0 Å². The molecule has 3 aromatic rings. The van der Waals surface area contributed by atoms with Gasteiger partial charge in [0.2, 0.25) is 5.43 Å². The highest BCUT2D eigenvalue weighted by atomic mass is 35.5. The van der Waals surface area contributed by atoms with Gasteiger partial charge in [0.1, 0.15) is 5.75 Å². The van der Waals surface area contributed by atoms with Gasteiger partial charge < -0.3 is 10.1 Å². The number of para-hydroxylation sites is 1. The third-order valence-corrected chi connectivity index (χ3v) is 4.33. The Balaban J connectivity index is 1.85. The second-order valence-corrected chi connectivity index (χ2v) is 6.30. The standard InChI is InChI=1S/C20H18ClN3O3/c1-13-11-18(25)19(23-24(13)17-6-4-3-5-16(17)21)20(26)22-12-14-7-9-15(27-2)10-8-14/h3-11H,12H2,1-2H3,(H,22,26). The van der Waals surface area contributed by atoms with Crippen LogP contribution in [0.4, 0.5) is 0 Å². The summed E-state index contributed by atoms with van der Waals surface area (Å²) < 4.78 is 6.60. The molecular formula is C20H18ClN3O3. The molecule has 3 rings (SSSR count). The Hall–Kier alpha value is -3.12. The van der Waals surface area contributed by atoms with Crippen LogP contribution in [0.1, 0.15) is 21.7 Å². The number of nitrogens with zero attached hydrogens (tertiary/aromatic N) is 2. The molecule has 6 nitrogen and oxygen atoms in total. The lowest BCUT2D eigenvalue weighted by Crippen LogP contribution is -2.31. The van der Waals surface area contributed by atoms with Gasteiger partial charge in [0.25, 0.3) is 5.91 Å². The smallest absolute Gasteiger partial charge is 0.276 e. The third-order valence-electron chi connectivity index (χ3n) is 4.02.